The fraction of sp³-hybridized carbons (Fsp3) is 0.350. The maximum atomic E-state index is 12.7. The molecule has 0 saturated heterocycles. The van der Waals surface area contributed by atoms with Crippen LogP contribution >= 0.6 is 11.6 Å². The van der Waals surface area contributed by atoms with Crippen molar-refractivity contribution < 1.29 is 32.9 Å². The first-order chi connectivity index (χ1) is 13.5. The Bertz CT molecular complexity index is 870. The van der Waals surface area contributed by atoms with Gasteiger partial charge in [0.05, 0.1) is 12.8 Å². The van der Waals surface area contributed by atoms with Crippen LogP contribution in [0.4, 0.5) is 19.3 Å². The molecular formula is C20H22ClF2NO5. The molecule has 0 saturated carbocycles. The molecule has 1 atom stereocenters. The SMILES string of the molecule is COc1c(OC(F)F)cccc1C(O)c1cc(Cl)ccc1NC(=O)OC(C)(C)C. The third-order valence-electron chi connectivity index (χ3n) is 3.67. The highest BCUT2D eigenvalue weighted by molar-refractivity contribution is 6.30. The van der Waals surface area contributed by atoms with Gasteiger partial charge in [-0.1, -0.05) is 23.7 Å². The van der Waals surface area contributed by atoms with Crippen LogP contribution in [0.1, 0.15) is 38.0 Å². The first kappa shape index (κ1) is 22.7. The molecule has 0 spiro atoms. The van der Waals surface area contributed by atoms with E-state index in [9.17, 15) is 18.7 Å². The lowest BCUT2D eigenvalue weighted by Gasteiger charge is -2.22. The number of ether oxygens (including phenoxy) is 3. The summed E-state index contributed by atoms with van der Waals surface area (Å²) in [4.78, 5) is 12.1. The Hall–Kier alpha value is -2.58. The smallest absolute Gasteiger partial charge is 0.412 e. The number of carbonyl (C=O) groups is 1. The first-order valence-electron chi connectivity index (χ1n) is 8.61. The van der Waals surface area contributed by atoms with Crippen LogP contribution in [0.5, 0.6) is 11.5 Å². The number of aliphatic hydroxyl groups is 1. The molecule has 2 aromatic rings. The molecule has 2 aromatic carbocycles. The van der Waals surface area contributed by atoms with E-state index in [1.165, 1.54) is 43.5 Å². The summed E-state index contributed by atoms with van der Waals surface area (Å²) in [6, 6.07) is 8.68. The molecular weight excluding hydrogens is 408 g/mol. The summed E-state index contributed by atoms with van der Waals surface area (Å²) in [6.45, 7) is 2.07. The molecule has 0 aliphatic carbocycles. The van der Waals surface area contributed by atoms with Crippen molar-refractivity contribution in [2.75, 3.05) is 12.4 Å². The predicted octanol–water partition coefficient (Wildman–Crippen LogP) is 5.38. The maximum Gasteiger partial charge on any atom is 0.412 e. The standard InChI is InChI=1S/C20H22ClF2NO5/c1-20(2,3)29-19(26)24-14-9-8-11(21)10-13(14)16(25)12-6-5-7-15(17(12)27-4)28-18(22)23/h5-10,16,18,25H,1-4H3,(H,24,26). The second-order valence-electron chi connectivity index (χ2n) is 7.02. The molecule has 0 bridgehead atoms. The molecule has 1 amide bonds. The number of benzene rings is 2. The lowest BCUT2D eigenvalue weighted by molar-refractivity contribution is -0.0514. The van der Waals surface area contributed by atoms with Crippen molar-refractivity contribution in [1.82, 2.24) is 0 Å². The van der Waals surface area contributed by atoms with Crippen molar-refractivity contribution in [1.29, 1.82) is 0 Å². The number of aliphatic hydroxyl groups excluding tert-OH is 1. The van der Waals surface area contributed by atoms with Crippen LogP contribution in [0.25, 0.3) is 0 Å². The number of alkyl halides is 2. The Morgan fingerprint density at radius 3 is 2.45 bits per heavy atom. The highest BCUT2D eigenvalue weighted by atomic mass is 35.5. The van der Waals surface area contributed by atoms with E-state index in [1.807, 2.05) is 0 Å². The number of para-hydroxylation sites is 1. The zero-order valence-electron chi connectivity index (χ0n) is 16.3. The van der Waals surface area contributed by atoms with Gasteiger partial charge in [0.25, 0.3) is 0 Å². The van der Waals surface area contributed by atoms with Gasteiger partial charge in [0.1, 0.15) is 11.7 Å². The Morgan fingerprint density at radius 1 is 1.17 bits per heavy atom. The summed E-state index contributed by atoms with van der Waals surface area (Å²) in [5, 5.41) is 13.8. The summed E-state index contributed by atoms with van der Waals surface area (Å²) < 4.78 is 40.2. The van der Waals surface area contributed by atoms with Crippen LogP contribution in [-0.4, -0.2) is 30.5 Å². The normalized spacial score (nSPS) is 12.4. The van der Waals surface area contributed by atoms with E-state index in [0.29, 0.717) is 5.02 Å². The van der Waals surface area contributed by atoms with Gasteiger partial charge in [-0.15, -0.1) is 0 Å². The van der Waals surface area contributed by atoms with Gasteiger partial charge >= 0.3 is 12.7 Å². The fourth-order valence-electron chi connectivity index (χ4n) is 2.61. The molecule has 2 rings (SSSR count). The zero-order chi connectivity index (χ0) is 21.8. The van der Waals surface area contributed by atoms with Crippen molar-refractivity contribution in [3.8, 4) is 11.5 Å². The van der Waals surface area contributed by atoms with Crippen molar-refractivity contribution in [2.45, 2.75) is 39.1 Å². The molecule has 0 fully saturated rings. The van der Waals surface area contributed by atoms with Gasteiger partial charge in [0.2, 0.25) is 0 Å². The van der Waals surface area contributed by atoms with Gasteiger partial charge in [0.15, 0.2) is 11.5 Å². The monoisotopic (exact) mass is 429 g/mol. The third-order valence-corrected chi connectivity index (χ3v) is 3.90. The van der Waals surface area contributed by atoms with Gasteiger partial charge in [0, 0.05) is 16.1 Å². The van der Waals surface area contributed by atoms with Crippen molar-refractivity contribution in [2.24, 2.45) is 0 Å². The van der Waals surface area contributed by atoms with Gasteiger partial charge in [-0.25, -0.2) is 4.79 Å². The van der Waals surface area contributed by atoms with Gasteiger partial charge in [-0.3, -0.25) is 5.32 Å². The van der Waals surface area contributed by atoms with E-state index in [2.05, 4.69) is 10.1 Å². The first-order valence-corrected chi connectivity index (χ1v) is 8.99. The third kappa shape index (κ3) is 6.20. The number of amides is 1. The quantitative estimate of drug-likeness (QED) is 0.644. The average Bonchev–Trinajstić information content (AvgIpc) is 2.60. The van der Waals surface area contributed by atoms with E-state index in [-0.39, 0.29) is 28.3 Å². The zero-order valence-corrected chi connectivity index (χ0v) is 17.1. The van der Waals surface area contributed by atoms with E-state index >= 15 is 0 Å². The van der Waals surface area contributed by atoms with Gasteiger partial charge in [-0.2, -0.15) is 8.78 Å². The number of halogens is 3. The highest BCUT2D eigenvalue weighted by Crippen LogP contribution is 2.40. The summed E-state index contributed by atoms with van der Waals surface area (Å²) >= 11 is 6.05. The number of hydrogen-bond acceptors (Lipinski definition) is 5. The van der Waals surface area contributed by atoms with Crippen molar-refractivity contribution in [3.63, 3.8) is 0 Å². The molecule has 0 heterocycles. The second-order valence-corrected chi connectivity index (χ2v) is 7.45. The Labute approximate surface area is 172 Å². The molecule has 29 heavy (non-hydrogen) atoms. The molecule has 2 N–H and O–H groups in total. The second kappa shape index (κ2) is 9.28. The van der Waals surface area contributed by atoms with Crippen molar-refractivity contribution in [3.05, 3.63) is 52.5 Å². The largest absolute Gasteiger partial charge is 0.492 e. The average molecular weight is 430 g/mol. The van der Waals surface area contributed by atoms with Crippen LogP contribution in [0.2, 0.25) is 5.02 Å². The highest BCUT2D eigenvalue weighted by Gasteiger charge is 2.24. The molecule has 0 aliphatic heterocycles. The summed E-state index contributed by atoms with van der Waals surface area (Å²) in [5.74, 6) is -0.300. The summed E-state index contributed by atoms with van der Waals surface area (Å²) in [7, 11) is 1.27. The molecule has 0 radical (unpaired) electrons. The topological polar surface area (TPSA) is 77.0 Å². The van der Waals surface area contributed by atoms with E-state index in [4.69, 9.17) is 21.1 Å². The number of carbonyl (C=O) groups excluding carboxylic acids is 1. The Balaban J connectivity index is 2.44. The minimum Gasteiger partial charge on any atom is -0.492 e. The fourth-order valence-corrected chi connectivity index (χ4v) is 2.79. The van der Waals surface area contributed by atoms with Crippen LogP contribution < -0.4 is 14.8 Å². The van der Waals surface area contributed by atoms with E-state index < -0.39 is 24.4 Å². The molecule has 6 nitrogen and oxygen atoms in total. The number of hydrogen-bond donors (Lipinski definition) is 2. The van der Waals surface area contributed by atoms with Crippen LogP contribution in [-0.2, 0) is 4.74 Å². The number of rotatable bonds is 6. The number of anilines is 1. The lowest BCUT2D eigenvalue weighted by atomic mass is 9.98. The van der Waals surface area contributed by atoms with Crippen LogP contribution in [0, 0.1) is 0 Å². The van der Waals surface area contributed by atoms with Crippen molar-refractivity contribution >= 4 is 23.4 Å². The van der Waals surface area contributed by atoms with Crippen LogP contribution in [0.3, 0.4) is 0 Å². The Kier molecular flexibility index (Phi) is 7.26. The summed E-state index contributed by atoms with van der Waals surface area (Å²) in [5.41, 5.74) is -0.117. The molecule has 0 aliphatic rings. The predicted molar refractivity (Wildman–Crippen MR) is 105 cm³/mol. The van der Waals surface area contributed by atoms with E-state index in [0.717, 1.165) is 0 Å². The molecule has 9 heteroatoms. The summed E-state index contributed by atoms with van der Waals surface area (Å²) in [6.07, 6.45) is -2.09. The Morgan fingerprint density at radius 2 is 1.86 bits per heavy atom. The minimum absolute atomic E-state index is 0.0662. The van der Waals surface area contributed by atoms with Gasteiger partial charge < -0.3 is 19.3 Å². The van der Waals surface area contributed by atoms with Crippen LogP contribution in [0.15, 0.2) is 36.4 Å². The molecule has 0 aromatic heterocycles. The maximum absolute atomic E-state index is 12.7. The molecule has 158 valence electrons. The molecule has 1 unspecified atom stereocenters. The van der Waals surface area contributed by atoms with Gasteiger partial charge in [-0.05, 0) is 45.0 Å². The number of methoxy groups -OCH3 is 1. The lowest BCUT2D eigenvalue weighted by Crippen LogP contribution is -2.27. The number of nitrogens with one attached hydrogen (secondary N) is 1. The minimum atomic E-state index is -3.06. The van der Waals surface area contributed by atoms with E-state index in [1.54, 1.807) is 20.8 Å².